The van der Waals surface area contributed by atoms with Gasteiger partial charge >= 0.3 is 5.97 Å². The van der Waals surface area contributed by atoms with Crippen molar-refractivity contribution in [1.82, 2.24) is 9.78 Å². The summed E-state index contributed by atoms with van der Waals surface area (Å²) in [5, 5.41) is 13.4. The van der Waals surface area contributed by atoms with Crippen LogP contribution in [0.15, 0.2) is 28.9 Å². The highest BCUT2D eigenvalue weighted by Crippen LogP contribution is 2.27. The lowest BCUT2D eigenvalue weighted by Gasteiger charge is -2.04. The van der Waals surface area contributed by atoms with E-state index in [1.54, 1.807) is 10.7 Å². The van der Waals surface area contributed by atoms with Gasteiger partial charge in [-0.1, -0.05) is 29.8 Å². The van der Waals surface area contributed by atoms with Crippen molar-refractivity contribution in [2.75, 3.05) is 0 Å². The van der Waals surface area contributed by atoms with Crippen LogP contribution in [0.2, 0.25) is 0 Å². The molecule has 1 N–H and O–H groups in total. The molecule has 1 aromatic heterocycles. The average Bonchev–Trinajstić information content (AvgIpc) is 2.71. The molecule has 20 heavy (non-hydrogen) atoms. The fourth-order valence-corrected chi connectivity index (χ4v) is 2.26. The van der Waals surface area contributed by atoms with E-state index in [0.717, 1.165) is 0 Å². The Morgan fingerprint density at radius 3 is 2.75 bits per heavy atom. The standard InChI is InChI=1S/C14H14BrFN2O2/c1-8(2)6-18-7-11(14(19)20)13(17-18)10-4-3-9(15)5-12(10)16/h3-5,7-8H,6H2,1-2H3,(H,19,20). The Kier molecular flexibility index (Phi) is 4.23. The fraction of sp³-hybridized carbons (Fsp3) is 0.286. The molecule has 1 heterocycles. The topological polar surface area (TPSA) is 55.1 Å². The number of halogens is 2. The number of hydrogen-bond donors (Lipinski definition) is 1. The Bertz CT molecular complexity index is 653. The summed E-state index contributed by atoms with van der Waals surface area (Å²) in [6.45, 7) is 4.59. The number of aromatic carboxylic acids is 1. The van der Waals surface area contributed by atoms with E-state index in [2.05, 4.69) is 21.0 Å². The van der Waals surface area contributed by atoms with E-state index >= 15 is 0 Å². The number of nitrogens with zero attached hydrogens (tertiary/aromatic N) is 2. The molecule has 0 amide bonds. The SMILES string of the molecule is CC(C)Cn1cc(C(=O)O)c(-c2ccc(Br)cc2F)n1. The molecular formula is C14H14BrFN2O2. The summed E-state index contributed by atoms with van der Waals surface area (Å²) in [4.78, 5) is 11.3. The van der Waals surface area contributed by atoms with Gasteiger partial charge in [-0.15, -0.1) is 0 Å². The second-order valence-electron chi connectivity index (χ2n) is 4.94. The maximum Gasteiger partial charge on any atom is 0.339 e. The van der Waals surface area contributed by atoms with Crippen molar-refractivity contribution in [2.24, 2.45) is 5.92 Å². The minimum Gasteiger partial charge on any atom is -0.478 e. The van der Waals surface area contributed by atoms with Gasteiger partial charge in [0, 0.05) is 22.8 Å². The highest BCUT2D eigenvalue weighted by molar-refractivity contribution is 9.10. The van der Waals surface area contributed by atoms with Crippen LogP contribution < -0.4 is 0 Å². The van der Waals surface area contributed by atoms with Crippen LogP contribution in [0.3, 0.4) is 0 Å². The predicted molar refractivity (Wildman–Crippen MR) is 77.1 cm³/mol. The quantitative estimate of drug-likeness (QED) is 0.920. The maximum atomic E-state index is 14.0. The predicted octanol–water partition coefficient (Wildman–Crippen LogP) is 3.81. The Balaban J connectivity index is 2.54. The maximum absolute atomic E-state index is 14.0. The summed E-state index contributed by atoms with van der Waals surface area (Å²) in [6.07, 6.45) is 1.44. The van der Waals surface area contributed by atoms with Crippen molar-refractivity contribution in [3.63, 3.8) is 0 Å². The molecule has 0 aliphatic heterocycles. The summed E-state index contributed by atoms with van der Waals surface area (Å²) < 4.78 is 16.1. The average molecular weight is 341 g/mol. The first-order valence-corrected chi connectivity index (χ1v) is 6.94. The van der Waals surface area contributed by atoms with Gasteiger partial charge in [0.25, 0.3) is 0 Å². The Morgan fingerprint density at radius 1 is 1.50 bits per heavy atom. The Morgan fingerprint density at radius 2 is 2.20 bits per heavy atom. The molecule has 6 heteroatoms. The van der Waals surface area contributed by atoms with Gasteiger partial charge in [0.15, 0.2) is 0 Å². The van der Waals surface area contributed by atoms with Crippen molar-refractivity contribution in [1.29, 1.82) is 0 Å². The lowest BCUT2D eigenvalue weighted by atomic mass is 10.1. The number of aromatic nitrogens is 2. The number of carbonyl (C=O) groups is 1. The molecule has 4 nitrogen and oxygen atoms in total. The van der Waals surface area contributed by atoms with Crippen LogP contribution in [0.1, 0.15) is 24.2 Å². The molecule has 106 valence electrons. The van der Waals surface area contributed by atoms with Crippen molar-refractivity contribution in [3.8, 4) is 11.3 Å². The first-order valence-electron chi connectivity index (χ1n) is 6.14. The van der Waals surface area contributed by atoms with Crippen LogP contribution in [-0.4, -0.2) is 20.9 Å². The summed E-state index contributed by atoms with van der Waals surface area (Å²) in [6, 6.07) is 4.47. The number of benzene rings is 1. The molecule has 0 unspecified atom stereocenters. The largest absolute Gasteiger partial charge is 0.478 e. The molecule has 0 aliphatic rings. The smallest absolute Gasteiger partial charge is 0.339 e. The lowest BCUT2D eigenvalue weighted by Crippen LogP contribution is -2.04. The zero-order chi connectivity index (χ0) is 14.9. The van der Waals surface area contributed by atoms with Crippen molar-refractivity contribution < 1.29 is 14.3 Å². The number of rotatable bonds is 4. The van der Waals surface area contributed by atoms with E-state index in [1.807, 2.05) is 13.8 Å². The van der Waals surface area contributed by atoms with Crippen LogP contribution in [0, 0.1) is 11.7 Å². The second kappa shape index (κ2) is 5.75. The van der Waals surface area contributed by atoms with E-state index in [0.29, 0.717) is 16.9 Å². The fourth-order valence-electron chi connectivity index (χ4n) is 1.93. The summed E-state index contributed by atoms with van der Waals surface area (Å²) in [7, 11) is 0. The zero-order valence-electron chi connectivity index (χ0n) is 11.1. The van der Waals surface area contributed by atoms with Gasteiger partial charge in [0.2, 0.25) is 0 Å². The molecule has 0 atom stereocenters. The molecule has 0 fully saturated rings. The second-order valence-corrected chi connectivity index (χ2v) is 5.85. The number of carboxylic acids is 1. The number of hydrogen-bond acceptors (Lipinski definition) is 2. The summed E-state index contributed by atoms with van der Waals surface area (Å²) >= 11 is 3.17. The van der Waals surface area contributed by atoms with Gasteiger partial charge in [0.05, 0.1) is 0 Å². The van der Waals surface area contributed by atoms with Gasteiger partial charge in [-0.05, 0) is 24.1 Å². The Labute approximate surface area is 124 Å². The Hall–Kier alpha value is -1.69. The molecule has 1 aromatic carbocycles. The van der Waals surface area contributed by atoms with Crippen molar-refractivity contribution in [3.05, 3.63) is 40.2 Å². The van der Waals surface area contributed by atoms with E-state index < -0.39 is 11.8 Å². The van der Waals surface area contributed by atoms with Gasteiger partial charge in [-0.25, -0.2) is 9.18 Å². The van der Waals surface area contributed by atoms with Gasteiger partial charge in [0.1, 0.15) is 17.1 Å². The van der Waals surface area contributed by atoms with Crippen LogP contribution in [0.4, 0.5) is 4.39 Å². The van der Waals surface area contributed by atoms with Crippen molar-refractivity contribution >= 4 is 21.9 Å². The minimum absolute atomic E-state index is 0.00636. The van der Waals surface area contributed by atoms with Crippen LogP contribution in [0.25, 0.3) is 11.3 Å². The molecule has 2 rings (SSSR count). The van der Waals surface area contributed by atoms with Gasteiger partial charge < -0.3 is 5.11 Å². The van der Waals surface area contributed by atoms with Crippen molar-refractivity contribution in [2.45, 2.75) is 20.4 Å². The molecule has 0 aliphatic carbocycles. The zero-order valence-corrected chi connectivity index (χ0v) is 12.7. The first kappa shape index (κ1) is 14.7. The molecule has 0 bridgehead atoms. The van der Waals surface area contributed by atoms with Crippen LogP contribution >= 0.6 is 15.9 Å². The minimum atomic E-state index is -1.11. The highest BCUT2D eigenvalue weighted by atomic mass is 79.9. The molecule has 0 saturated carbocycles. The monoisotopic (exact) mass is 340 g/mol. The molecule has 2 aromatic rings. The molecule has 0 radical (unpaired) electrons. The van der Waals surface area contributed by atoms with E-state index in [1.165, 1.54) is 18.3 Å². The summed E-state index contributed by atoms with van der Waals surface area (Å²) in [5.74, 6) is -1.30. The van der Waals surface area contributed by atoms with Crippen LogP contribution in [0.5, 0.6) is 0 Å². The van der Waals surface area contributed by atoms with E-state index in [4.69, 9.17) is 0 Å². The third-order valence-electron chi connectivity index (χ3n) is 2.73. The normalized spacial score (nSPS) is 11.1. The first-order chi connectivity index (χ1) is 9.38. The molecule has 0 spiro atoms. The third-order valence-corrected chi connectivity index (χ3v) is 3.22. The molecular weight excluding hydrogens is 327 g/mol. The molecule has 0 saturated heterocycles. The van der Waals surface area contributed by atoms with Gasteiger partial charge in [-0.2, -0.15) is 5.10 Å². The highest BCUT2D eigenvalue weighted by Gasteiger charge is 2.20. The third kappa shape index (κ3) is 3.07. The van der Waals surface area contributed by atoms with Gasteiger partial charge in [-0.3, -0.25) is 4.68 Å². The lowest BCUT2D eigenvalue weighted by molar-refractivity contribution is 0.0697. The van der Waals surface area contributed by atoms with E-state index in [-0.39, 0.29) is 16.8 Å². The van der Waals surface area contributed by atoms with Crippen LogP contribution in [-0.2, 0) is 6.54 Å². The number of carboxylic acid groups (broad SMARTS) is 1. The van der Waals surface area contributed by atoms with E-state index in [9.17, 15) is 14.3 Å². The summed E-state index contributed by atoms with van der Waals surface area (Å²) in [5.41, 5.74) is 0.350.